The van der Waals surface area contributed by atoms with Gasteiger partial charge in [0.2, 0.25) is 5.78 Å². The molecule has 1 saturated heterocycles. The lowest BCUT2D eigenvalue weighted by molar-refractivity contribution is 0.101. The van der Waals surface area contributed by atoms with E-state index in [1.54, 1.807) is 7.11 Å². The van der Waals surface area contributed by atoms with E-state index in [0.29, 0.717) is 15.8 Å². The molecule has 3 heterocycles. The molecule has 5 rings (SSSR count). The molecule has 1 N–H and O–H groups in total. The average molecular weight is 526 g/mol. The third-order valence-electron chi connectivity index (χ3n) is 6.80. The molecule has 2 aromatic carbocycles. The van der Waals surface area contributed by atoms with Crippen molar-refractivity contribution in [2.45, 2.75) is 13.5 Å². The van der Waals surface area contributed by atoms with Crippen molar-refractivity contribution < 1.29 is 19.4 Å². The number of nitrogens with zero attached hydrogens (tertiary/aromatic N) is 3. The monoisotopic (exact) mass is 525 g/mol. The van der Waals surface area contributed by atoms with Crippen LogP contribution in [0.15, 0.2) is 40.6 Å². The second-order valence-corrected chi connectivity index (χ2v) is 9.77. The van der Waals surface area contributed by atoms with Crippen molar-refractivity contribution >= 4 is 38.7 Å². The van der Waals surface area contributed by atoms with Gasteiger partial charge in [-0.05, 0) is 60.2 Å². The molecular weight excluding hydrogens is 498 g/mol. The molecule has 0 radical (unpaired) electrons. The molecule has 2 aliphatic rings. The predicted octanol–water partition coefficient (Wildman–Crippen LogP) is 4.29. The third-order valence-corrected chi connectivity index (χ3v) is 7.43. The van der Waals surface area contributed by atoms with Crippen molar-refractivity contribution in [1.29, 1.82) is 0 Å². The number of halogens is 1. The number of allylic oxidation sites excluding steroid dienone is 1. The first-order chi connectivity index (χ1) is 16.4. The summed E-state index contributed by atoms with van der Waals surface area (Å²) in [6.45, 7) is 8.22. The number of benzene rings is 2. The number of Topliss-reactive ketones (excluding diaryl/α,β-unsaturated/α-hetero) is 1. The summed E-state index contributed by atoms with van der Waals surface area (Å²) in [4.78, 5) is 18.0. The summed E-state index contributed by atoms with van der Waals surface area (Å²) in [5.41, 5.74) is 3.53. The summed E-state index contributed by atoms with van der Waals surface area (Å²) in [7, 11) is 3.82. The van der Waals surface area contributed by atoms with E-state index in [-0.39, 0.29) is 17.3 Å². The lowest BCUT2D eigenvalue weighted by Crippen LogP contribution is -2.45. The van der Waals surface area contributed by atoms with E-state index in [2.05, 4.69) is 50.3 Å². The highest BCUT2D eigenvalue weighted by atomic mass is 79.9. The largest absolute Gasteiger partial charge is 0.508 e. The minimum Gasteiger partial charge on any atom is -0.508 e. The highest BCUT2D eigenvalue weighted by Gasteiger charge is 2.31. The van der Waals surface area contributed by atoms with Crippen molar-refractivity contribution in [3.05, 3.63) is 57.4 Å². The van der Waals surface area contributed by atoms with Crippen LogP contribution < -0.4 is 9.47 Å². The van der Waals surface area contributed by atoms with E-state index in [1.165, 1.54) is 12.1 Å². The fourth-order valence-corrected chi connectivity index (χ4v) is 5.39. The first-order valence-corrected chi connectivity index (χ1v) is 12.2. The number of methoxy groups -OCH3 is 1. The number of carbonyl (C=O) groups excluding carboxylic acids is 1. The molecule has 0 saturated carbocycles. The number of aromatic hydroxyl groups is 1. The molecular formula is C26H28BrN3O4. The van der Waals surface area contributed by atoms with Crippen LogP contribution in [0.2, 0.25) is 0 Å². The van der Waals surface area contributed by atoms with Crippen LogP contribution in [0.5, 0.6) is 17.2 Å². The Morgan fingerprint density at radius 1 is 1.15 bits per heavy atom. The number of aromatic nitrogens is 1. The lowest BCUT2D eigenvalue weighted by Gasteiger charge is -2.32. The minimum absolute atomic E-state index is 0.0427. The van der Waals surface area contributed by atoms with Crippen LogP contribution in [0.3, 0.4) is 0 Å². The number of hydrogen-bond acceptors (Lipinski definition) is 6. The van der Waals surface area contributed by atoms with E-state index in [9.17, 15) is 9.90 Å². The van der Waals surface area contributed by atoms with Gasteiger partial charge in [-0.25, -0.2) is 0 Å². The van der Waals surface area contributed by atoms with Crippen LogP contribution >= 0.6 is 15.9 Å². The van der Waals surface area contributed by atoms with E-state index >= 15 is 0 Å². The van der Waals surface area contributed by atoms with Gasteiger partial charge in [0.25, 0.3) is 0 Å². The van der Waals surface area contributed by atoms with Gasteiger partial charge in [0, 0.05) is 72.0 Å². The summed E-state index contributed by atoms with van der Waals surface area (Å²) in [5.74, 6) is 1.20. The average Bonchev–Trinajstić information content (AvgIpc) is 3.26. The summed E-state index contributed by atoms with van der Waals surface area (Å²) >= 11 is 3.37. The van der Waals surface area contributed by atoms with Crippen LogP contribution in [-0.2, 0) is 6.54 Å². The van der Waals surface area contributed by atoms with Gasteiger partial charge in [0.05, 0.1) is 12.7 Å². The fourth-order valence-electron chi connectivity index (χ4n) is 4.78. The van der Waals surface area contributed by atoms with Crippen molar-refractivity contribution in [2.75, 3.05) is 46.9 Å². The zero-order valence-corrected chi connectivity index (χ0v) is 21.2. The lowest BCUT2D eigenvalue weighted by atomic mass is 10.1. The van der Waals surface area contributed by atoms with E-state index in [1.807, 2.05) is 18.2 Å². The summed E-state index contributed by atoms with van der Waals surface area (Å²) in [6, 6.07) is 9.03. The topological polar surface area (TPSA) is 67.2 Å². The number of piperazine rings is 1. The Morgan fingerprint density at radius 2 is 1.91 bits per heavy atom. The molecule has 178 valence electrons. The van der Waals surface area contributed by atoms with E-state index < -0.39 is 0 Å². The number of fused-ring (bicyclic) bond motifs is 2. The molecule has 34 heavy (non-hydrogen) atoms. The highest BCUT2D eigenvalue weighted by molar-refractivity contribution is 9.10. The van der Waals surface area contributed by atoms with Crippen LogP contribution in [-0.4, -0.2) is 72.1 Å². The molecule has 0 bridgehead atoms. The molecule has 1 aromatic heterocycles. The minimum atomic E-state index is -0.206. The Labute approximate surface area is 207 Å². The Hall–Kier alpha value is -2.81. The Bertz CT molecular complexity index is 1310. The molecule has 7 nitrogen and oxygen atoms in total. The van der Waals surface area contributed by atoms with Crippen LogP contribution in [0.25, 0.3) is 17.0 Å². The number of hydrogen-bond donors (Lipinski definition) is 1. The van der Waals surface area contributed by atoms with Crippen molar-refractivity contribution in [3.8, 4) is 17.2 Å². The molecule has 1 fully saturated rings. The van der Waals surface area contributed by atoms with Crippen molar-refractivity contribution in [1.82, 2.24) is 14.4 Å². The predicted molar refractivity (Wildman–Crippen MR) is 136 cm³/mol. The molecule has 8 heteroatoms. The van der Waals surface area contributed by atoms with E-state index in [4.69, 9.17) is 9.47 Å². The molecule has 0 unspecified atom stereocenters. The zero-order chi connectivity index (χ0) is 24.0. The van der Waals surface area contributed by atoms with Gasteiger partial charge >= 0.3 is 0 Å². The summed E-state index contributed by atoms with van der Waals surface area (Å²) in [5, 5.41) is 10.9. The first-order valence-electron chi connectivity index (χ1n) is 11.4. The maximum atomic E-state index is 13.1. The Kier molecular flexibility index (Phi) is 6.14. The van der Waals surface area contributed by atoms with Gasteiger partial charge in [-0.1, -0.05) is 0 Å². The second-order valence-electron chi connectivity index (χ2n) is 8.92. The van der Waals surface area contributed by atoms with Gasteiger partial charge in [-0.3, -0.25) is 9.69 Å². The maximum Gasteiger partial charge on any atom is 0.233 e. The number of ether oxygens (including phenoxy) is 2. The zero-order valence-electron chi connectivity index (χ0n) is 19.6. The third kappa shape index (κ3) is 4.10. The number of phenols is 1. The van der Waals surface area contributed by atoms with Crippen LogP contribution in [0, 0.1) is 6.92 Å². The van der Waals surface area contributed by atoms with Crippen LogP contribution in [0.1, 0.15) is 21.6 Å². The quantitative estimate of drug-likeness (QED) is 0.501. The van der Waals surface area contributed by atoms with Crippen molar-refractivity contribution in [2.24, 2.45) is 0 Å². The Morgan fingerprint density at radius 3 is 2.65 bits per heavy atom. The number of phenolic OH excluding ortho intramolecular Hbond substituents is 1. The first kappa shape index (κ1) is 23.0. The van der Waals surface area contributed by atoms with Gasteiger partial charge in [-0.2, -0.15) is 0 Å². The smallest absolute Gasteiger partial charge is 0.233 e. The fraction of sp³-hybridized carbons (Fsp3) is 0.346. The van der Waals surface area contributed by atoms with Crippen LogP contribution in [0.4, 0.5) is 0 Å². The Balaban J connectivity index is 1.52. The molecule has 0 spiro atoms. The number of carbonyl (C=O) groups is 1. The summed E-state index contributed by atoms with van der Waals surface area (Å²) < 4.78 is 14.2. The number of rotatable bonds is 5. The van der Waals surface area contributed by atoms with Gasteiger partial charge in [0.15, 0.2) is 5.76 Å². The highest BCUT2D eigenvalue weighted by Crippen LogP contribution is 2.41. The molecule has 2 aliphatic heterocycles. The molecule has 0 amide bonds. The van der Waals surface area contributed by atoms with Gasteiger partial charge in [-0.15, -0.1) is 0 Å². The van der Waals surface area contributed by atoms with Gasteiger partial charge < -0.3 is 24.0 Å². The summed E-state index contributed by atoms with van der Waals surface area (Å²) in [6.07, 6.45) is 1.81. The van der Waals surface area contributed by atoms with Crippen molar-refractivity contribution in [3.63, 3.8) is 0 Å². The molecule has 0 atom stereocenters. The second kappa shape index (κ2) is 9.09. The normalized spacial score (nSPS) is 18.0. The SMILES string of the molecule is COc1ccc2c(c1)c(C=C1Oc3cc(O)cc(Br)c3C1=O)c(C)n2CCN1CCN(C)CC1. The number of ketones is 1. The van der Waals surface area contributed by atoms with E-state index in [0.717, 1.165) is 67.2 Å². The maximum absolute atomic E-state index is 13.1. The molecule has 0 aliphatic carbocycles. The number of likely N-dealkylation sites (N-methyl/N-ethyl adjacent to an activating group) is 1. The van der Waals surface area contributed by atoms with Gasteiger partial charge in [0.1, 0.15) is 17.2 Å². The molecule has 3 aromatic rings. The standard InChI is InChI=1S/C26H28BrN3O4/c1-16-19(15-24-26(32)25-21(27)12-17(31)13-23(25)34-24)20-14-18(33-3)4-5-22(20)30(16)11-10-29-8-6-28(2)7-9-29/h4-5,12-15,31H,6-11H2,1-3H3.